The third kappa shape index (κ3) is 6.73. The van der Waals surface area contributed by atoms with E-state index in [1.54, 1.807) is 74.9 Å². The molecule has 0 bridgehead atoms. The van der Waals surface area contributed by atoms with Crippen molar-refractivity contribution in [2.75, 3.05) is 14.2 Å². The molecule has 6 nitrogen and oxygen atoms in total. The van der Waals surface area contributed by atoms with Gasteiger partial charge < -0.3 is 24.1 Å². The minimum atomic E-state index is -1.13. The summed E-state index contributed by atoms with van der Waals surface area (Å²) in [6.45, 7) is 2.13. The van der Waals surface area contributed by atoms with E-state index in [1.165, 1.54) is 0 Å². The number of unbranched alkanes of at least 4 members (excludes halogenated alkanes) is 2. The van der Waals surface area contributed by atoms with Crippen LogP contribution in [-0.4, -0.2) is 25.3 Å². The number of rotatable bonds is 11. The van der Waals surface area contributed by atoms with Gasteiger partial charge in [0.2, 0.25) is 6.29 Å². The molecule has 0 fully saturated rings. The molecular weight excluding hydrogens is 420 g/mol. The van der Waals surface area contributed by atoms with Crippen molar-refractivity contribution in [3.8, 4) is 23.0 Å². The number of hydrogen-bond acceptors (Lipinski definition) is 6. The van der Waals surface area contributed by atoms with E-state index in [2.05, 4.69) is 6.92 Å². The van der Waals surface area contributed by atoms with E-state index in [0.717, 1.165) is 31.2 Å². The van der Waals surface area contributed by atoms with Crippen LogP contribution >= 0.6 is 0 Å². The average Bonchev–Trinajstić information content (AvgIpc) is 2.85. The van der Waals surface area contributed by atoms with Gasteiger partial charge in [0.15, 0.2) is 0 Å². The SMILES string of the molecule is CCCCCc1cc(OC(O)c2ccc(OC)cc2)ccc1OC(=O)c1ccc(OC)cc1. The number of ether oxygens (including phenoxy) is 4. The largest absolute Gasteiger partial charge is 0.497 e. The van der Waals surface area contributed by atoms with Crippen LogP contribution < -0.4 is 18.9 Å². The van der Waals surface area contributed by atoms with Crippen molar-refractivity contribution in [3.05, 3.63) is 83.4 Å². The van der Waals surface area contributed by atoms with E-state index in [1.807, 2.05) is 6.07 Å². The summed E-state index contributed by atoms with van der Waals surface area (Å²) in [6.07, 6.45) is 2.69. The fourth-order valence-electron chi connectivity index (χ4n) is 3.34. The van der Waals surface area contributed by atoms with E-state index in [0.29, 0.717) is 34.1 Å². The third-order valence-corrected chi connectivity index (χ3v) is 5.26. The van der Waals surface area contributed by atoms with Crippen molar-refractivity contribution < 1.29 is 28.8 Å². The molecule has 0 aromatic heterocycles. The van der Waals surface area contributed by atoms with E-state index < -0.39 is 12.3 Å². The van der Waals surface area contributed by atoms with Gasteiger partial charge in [-0.05, 0) is 85.1 Å². The van der Waals surface area contributed by atoms with Crippen molar-refractivity contribution in [2.45, 2.75) is 38.9 Å². The summed E-state index contributed by atoms with van der Waals surface area (Å²) in [5.74, 6) is 1.91. The highest BCUT2D eigenvalue weighted by Crippen LogP contribution is 2.30. The molecule has 0 aliphatic heterocycles. The number of aliphatic hydroxyl groups excluding tert-OH is 1. The van der Waals surface area contributed by atoms with Crippen LogP contribution in [0.2, 0.25) is 0 Å². The van der Waals surface area contributed by atoms with Crippen molar-refractivity contribution in [3.63, 3.8) is 0 Å². The first-order valence-corrected chi connectivity index (χ1v) is 11.0. The van der Waals surface area contributed by atoms with Crippen LogP contribution in [0.5, 0.6) is 23.0 Å². The highest BCUT2D eigenvalue weighted by atomic mass is 16.6. The summed E-state index contributed by atoms with van der Waals surface area (Å²) in [7, 11) is 3.16. The van der Waals surface area contributed by atoms with Gasteiger partial charge in [0.1, 0.15) is 23.0 Å². The molecule has 0 aliphatic carbocycles. The molecule has 1 atom stereocenters. The van der Waals surface area contributed by atoms with Crippen molar-refractivity contribution in [2.24, 2.45) is 0 Å². The van der Waals surface area contributed by atoms with E-state index in [4.69, 9.17) is 18.9 Å². The maximum atomic E-state index is 12.7. The highest BCUT2D eigenvalue weighted by molar-refractivity contribution is 5.91. The zero-order valence-corrected chi connectivity index (χ0v) is 19.2. The molecule has 174 valence electrons. The molecule has 0 saturated carbocycles. The number of aryl methyl sites for hydroxylation is 1. The minimum Gasteiger partial charge on any atom is -0.497 e. The number of benzene rings is 3. The van der Waals surface area contributed by atoms with Gasteiger partial charge in [-0.25, -0.2) is 4.79 Å². The molecule has 3 aromatic rings. The molecule has 1 unspecified atom stereocenters. The summed E-state index contributed by atoms with van der Waals surface area (Å²) in [5.41, 5.74) is 1.90. The van der Waals surface area contributed by atoms with Gasteiger partial charge in [-0.1, -0.05) is 19.8 Å². The van der Waals surface area contributed by atoms with Crippen LogP contribution in [0.25, 0.3) is 0 Å². The number of carbonyl (C=O) groups excluding carboxylic acids is 1. The standard InChI is InChI=1S/C27H30O6/c1-4-5-6-7-21-18-24(32-26(28)19-8-12-22(30-2)13-9-19)16-17-25(21)33-27(29)20-10-14-23(31-3)15-11-20/h8-18,26,28H,4-7H2,1-3H3. The zero-order chi connectivity index (χ0) is 23.6. The Balaban J connectivity index is 1.76. The van der Waals surface area contributed by atoms with Crippen LogP contribution in [0.3, 0.4) is 0 Å². The molecule has 0 spiro atoms. The normalized spacial score (nSPS) is 11.5. The second-order valence-corrected chi connectivity index (χ2v) is 7.59. The van der Waals surface area contributed by atoms with Crippen molar-refractivity contribution >= 4 is 5.97 Å². The molecule has 33 heavy (non-hydrogen) atoms. The van der Waals surface area contributed by atoms with E-state index in [-0.39, 0.29) is 0 Å². The van der Waals surface area contributed by atoms with Crippen LogP contribution in [0.4, 0.5) is 0 Å². The van der Waals surface area contributed by atoms with E-state index >= 15 is 0 Å². The lowest BCUT2D eigenvalue weighted by Crippen LogP contribution is -2.11. The highest BCUT2D eigenvalue weighted by Gasteiger charge is 2.15. The van der Waals surface area contributed by atoms with Crippen LogP contribution in [0.1, 0.15) is 54.0 Å². The predicted octanol–water partition coefficient (Wildman–Crippen LogP) is 5.73. The molecule has 6 heteroatoms. The lowest BCUT2D eigenvalue weighted by molar-refractivity contribution is -0.0195. The lowest BCUT2D eigenvalue weighted by Gasteiger charge is -2.17. The molecule has 0 heterocycles. The Morgan fingerprint density at radius 1 is 0.848 bits per heavy atom. The molecule has 3 aromatic carbocycles. The molecule has 3 rings (SSSR count). The Morgan fingerprint density at radius 2 is 1.45 bits per heavy atom. The fraction of sp³-hybridized carbons (Fsp3) is 0.296. The fourth-order valence-corrected chi connectivity index (χ4v) is 3.34. The van der Waals surface area contributed by atoms with Gasteiger partial charge in [0, 0.05) is 5.56 Å². The van der Waals surface area contributed by atoms with Gasteiger partial charge in [-0.15, -0.1) is 0 Å². The summed E-state index contributed by atoms with van der Waals surface area (Å²) < 4.78 is 21.7. The molecule has 0 saturated heterocycles. The molecule has 1 N–H and O–H groups in total. The average molecular weight is 451 g/mol. The number of hydrogen-bond donors (Lipinski definition) is 1. The maximum Gasteiger partial charge on any atom is 0.343 e. The monoisotopic (exact) mass is 450 g/mol. The number of aliphatic hydroxyl groups is 1. The van der Waals surface area contributed by atoms with Gasteiger partial charge in [0.25, 0.3) is 0 Å². The summed E-state index contributed by atoms with van der Waals surface area (Å²) in [5, 5.41) is 10.5. The van der Waals surface area contributed by atoms with E-state index in [9.17, 15) is 9.90 Å². The number of esters is 1. The lowest BCUT2D eigenvalue weighted by atomic mass is 10.1. The van der Waals surface area contributed by atoms with Crippen LogP contribution in [-0.2, 0) is 6.42 Å². The quantitative estimate of drug-likeness (QED) is 0.174. The Bertz CT molecular complexity index is 1030. The summed E-state index contributed by atoms with van der Waals surface area (Å²) in [6, 6.07) is 19.0. The Kier molecular flexibility index (Phi) is 8.72. The van der Waals surface area contributed by atoms with Crippen LogP contribution in [0, 0.1) is 0 Å². The first kappa shape index (κ1) is 24.1. The zero-order valence-electron chi connectivity index (χ0n) is 19.2. The molecule has 0 aliphatic rings. The third-order valence-electron chi connectivity index (χ3n) is 5.26. The molecule has 0 amide bonds. The summed E-state index contributed by atoms with van der Waals surface area (Å²) >= 11 is 0. The predicted molar refractivity (Wildman–Crippen MR) is 126 cm³/mol. The number of methoxy groups -OCH3 is 2. The Labute approximate surface area is 194 Å². The maximum absolute atomic E-state index is 12.7. The first-order valence-electron chi connectivity index (χ1n) is 11.0. The van der Waals surface area contributed by atoms with Gasteiger partial charge in [-0.3, -0.25) is 0 Å². The minimum absolute atomic E-state index is 0.436. The molecule has 0 radical (unpaired) electrons. The van der Waals surface area contributed by atoms with Gasteiger partial charge >= 0.3 is 5.97 Å². The summed E-state index contributed by atoms with van der Waals surface area (Å²) in [4.78, 5) is 12.7. The topological polar surface area (TPSA) is 74.2 Å². The Hall–Kier alpha value is -3.51. The van der Waals surface area contributed by atoms with Crippen molar-refractivity contribution in [1.82, 2.24) is 0 Å². The smallest absolute Gasteiger partial charge is 0.343 e. The van der Waals surface area contributed by atoms with Crippen LogP contribution in [0.15, 0.2) is 66.7 Å². The molecular formula is C27H30O6. The second-order valence-electron chi connectivity index (χ2n) is 7.59. The second kappa shape index (κ2) is 11.9. The van der Waals surface area contributed by atoms with Gasteiger partial charge in [-0.2, -0.15) is 0 Å². The van der Waals surface area contributed by atoms with Crippen molar-refractivity contribution in [1.29, 1.82) is 0 Å². The van der Waals surface area contributed by atoms with Gasteiger partial charge in [0.05, 0.1) is 19.8 Å². The first-order chi connectivity index (χ1) is 16.0. The number of carbonyl (C=O) groups is 1. The Morgan fingerprint density at radius 3 is 2.06 bits per heavy atom.